The van der Waals surface area contributed by atoms with Gasteiger partial charge in [0.25, 0.3) is 5.91 Å². The lowest BCUT2D eigenvalue weighted by molar-refractivity contribution is -0.141. The topological polar surface area (TPSA) is 57.8 Å². The van der Waals surface area contributed by atoms with Crippen molar-refractivity contribution in [1.29, 1.82) is 0 Å². The number of aromatic amines is 1. The van der Waals surface area contributed by atoms with E-state index in [0.29, 0.717) is 11.8 Å². The number of anilines is 1. The Morgan fingerprint density at radius 1 is 1.30 bits per heavy atom. The Bertz CT molecular complexity index is 602. The van der Waals surface area contributed by atoms with Gasteiger partial charge in [0, 0.05) is 11.8 Å². The highest BCUT2D eigenvalue weighted by Gasteiger charge is 2.33. The first-order valence-corrected chi connectivity index (χ1v) is 5.93. The van der Waals surface area contributed by atoms with Crippen LogP contribution in [0.2, 0.25) is 0 Å². The van der Waals surface area contributed by atoms with E-state index in [1.165, 1.54) is 0 Å². The van der Waals surface area contributed by atoms with Crippen LogP contribution in [0.25, 0.3) is 0 Å². The summed E-state index contributed by atoms with van der Waals surface area (Å²) in [4.78, 5) is 11.7. The minimum Gasteiger partial charge on any atom is -0.321 e. The minimum atomic E-state index is -4.55. The molecule has 0 fully saturated rings. The minimum absolute atomic E-state index is 0.308. The van der Waals surface area contributed by atoms with E-state index in [1.54, 1.807) is 17.2 Å². The quantitative estimate of drug-likeness (QED) is 0.908. The molecule has 2 aromatic rings. The van der Waals surface area contributed by atoms with E-state index >= 15 is 0 Å². The molecule has 106 valence electrons. The van der Waals surface area contributed by atoms with Gasteiger partial charge < -0.3 is 5.32 Å². The van der Waals surface area contributed by atoms with E-state index < -0.39 is 17.8 Å². The highest BCUT2D eigenvalue weighted by atomic mass is 19.4. The molecule has 0 aliphatic rings. The zero-order valence-corrected chi connectivity index (χ0v) is 10.6. The van der Waals surface area contributed by atoms with Gasteiger partial charge in [0.05, 0.1) is 0 Å². The summed E-state index contributed by atoms with van der Waals surface area (Å²) >= 11 is 0. The highest BCUT2D eigenvalue weighted by molar-refractivity contribution is 6.02. The summed E-state index contributed by atoms with van der Waals surface area (Å²) in [6.45, 7) is 2.00. The van der Waals surface area contributed by atoms with Crippen molar-refractivity contribution in [3.8, 4) is 0 Å². The number of H-pyrrole nitrogens is 1. The van der Waals surface area contributed by atoms with Gasteiger partial charge in [-0.3, -0.25) is 9.89 Å². The fourth-order valence-electron chi connectivity index (χ4n) is 1.60. The van der Waals surface area contributed by atoms with Crippen LogP contribution in [0.5, 0.6) is 0 Å². The van der Waals surface area contributed by atoms with Crippen LogP contribution in [0.4, 0.5) is 18.9 Å². The SMILES string of the molecule is CCc1ccc(NC(=O)c2cc(C(F)(F)F)[nH]n2)cc1. The second-order valence-electron chi connectivity index (χ2n) is 4.17. The molecule has 4 nitrogen and oxygen atoms in total. The van der Waals surface area contributed by atoms with Crippen LogP contribution in [-0.2, 0) is 12.6 Å². The van der Waals surface area contributed by atoms with E-state index in [2.05, 4.69) is 10.4 Å². The Kier molecular flexibility index (Phi) is 3.78. The number of nitrogens with one attached hydrogen (secondary N) is 2. The maximum atomic E-state index is 12.4. The summed E-state index contributed by atoms with van der Waals surface area (Å²) in [5.74, 6) is -0.694. The smallest absolute Gasteiger partial charge is 0.321 e. The van der Waals surface area contributed by atoms with Crippen molar-refractivity contribution in [1.82, 2.24) is 10.2 Å². The molecule has 0 radical (unpaired) electrons. The van der Waals surface area contributed by atoms with Crippen LogP contribution in [0.3, 0.4) is 0 Å². The zero-order chi connectivity index (χ0) is 14.8. The standard InChI is InChI=1S/C13H12F3N3O/c1-2-8-3-5-9(6-4-8)17-12(20)10-7-11(19-18-10)13(14,15)16/h3-7H,2H2,1H3,(H,17,20)(H,18,19). The molecule has 0 spiro atoms. The number of hydrogen-bond donors (Lipinski definition) is 2. The first-order chi connectivity index (χ1) is 9.40. The first kappa shape index (κ1) is 14.1. The van der Waals surface area contributed by atoms with Crippen molar-refractivity contribution in [2.45, 2.75) is 19.5 Å². The Morgan fingerprint density at radius 2 is 1.95 bits per heavy atom. The van der Waals surface area contributed by atoms with Crippen LogP contribution in [0.1, 0.15) is 28.7 Å². The lowest BCUT2D eigenvalue weighted by Gasteiger charge is -2.04. The van der Waals surface area contributed by atoms with Gasteiger partial charge in [-0.2, -0.15) is 18.3 Å². The zero-order valence-electron chi connectivity index (χ0n) is 10.6. The maximum Gasteiger partial charge on any atom is 0.432 e. The summed E-state index contributed by atoms with van der Waals surface area (Å²) in [6, 6.07) is 7.72. The first-order valence-electron chi connectivity index (χ1n) is 5.93. The number of aryl methyl sites for hydroxylation is 1. The molecule has 0 atom stereocenters. The molecule has 2 N–H and O–H groups in total. The third kappa shape index (κ3) is 3.17. The van der Waals surface area contributed by atoms with Crippen LogP contribution in [-0.4, -0.2) is 16.1 Å². The van der Waals surface area contributed by atoms with Crippen LogP contribution in [0.15, 0.2) is 30.3 Å². The monoisotopic (exact) mass is 283 g/mol. The van der Waals surface area contributed by atoms with Crippen LogP contribution in [0, 0.1) is 0 Å². The molecule has 1 aromatic heterocycles. The number of halogens is 3. The number of amides is 1. The number of benzene rings is 1. The number of carbonyl (C=O) groups is 1. The molecular formula is C13H12F3N3O. The lowest BCUT2D eigenvalue weighted by atomic mass is 10.1. The van der Waals surface area contributed by atoms with Gasteiger partial charge in [-0.25, -0.2) is 0 Å². The second kappa shape index (κ2) is 5.36. The fourth-order valence-corrected chi connectivity index (χ4v) is 1.60. The van der Waals surface area contributed by atoms with Crippen molar-refractivity contribution in [3.63, 3.8) is 0 Å². The van der Waals surface area contributed by atoms with Crippen molar-refractivity contribution in [3.05, 3.63) is 47.3 Å². The number of aromatic nitrogens is 2. The average molecular weight is 283 g/mol. The molecule has 1 aromatic carbocycles. The van der Waals surface area contributed by atoms with Gasteiger partial charge >= 0.3 is 6.18 Å². The van der Waals surface area contributed by atoms with E-state index in [0.717, 1.165) is 12.0 Å². The van der Waals surface area contributed by atoms with Gasteiger partial charge in [-0.15, -0.1) is 0 Å². The molecule has 0 saturated heterocycles. The van der Waals surface area contributed by atoms with E-state index in [-0.39, 0.29) is 5.69 Å². The molecule has 0 aliphatic heterocycles. The summed E-state index contributed by atoms with van der Waals surface area (Å²) in [7, 11) is 0. The molecule has 0 bridgehead atoms. The molecule has 20 heavy (non-hydrogen) atoms. The van der Waals surface area contributed by atoms with Crippen molar-refractivity contribution in [2.24, 2.45) is 0 Å². The van der Waals surface area contributed by atoms with Gasteiger partial charge in [0.1, 0.15) is 5.69 Å². The third-order valence-electron chi connectivity index (χ3n) is 2.74. The summed E-state index contributed by atoms with van der Waals surface area (Å²) in [6.07, 6.45) is -3.68. The Hall–Kier alpha value is -2.31. The maximum absolute atomic E-state index is 12.4. The predicted octanol–water partition coefficient (Wildman–Crippen LogP) is 3.24. The van der Waals surface area contributed by atoms with Crippen LogP contribution < -0.4 is 5.32 Å². The number of hydrogen-bond acceptors (Lipinski definition) is 2. The highest BCUT2D eigenvalue weighted by Crippen LogP contribution is 2.27. The summed E-state index contributed by atoms with van der Waals surface area (Å²) < 4.78 is 37.1. The largest absolute Gasteiger partial charge is 0.432 e. The number of carbonyl (C=O) groups excluding carboxylic acids is 1. The predicted molar refractivity (Wildman–Crippen MR) is 67.4 cm³/mol. The molecule has 1 amide bonds. The van der Waals surface area contributed by atoms with Gasteiger partial charge in [0.2, 0.25) is 0 Å². The molecular weight excluding hydrogens is 271 g/mol. The number of rotatable bonds is 3. The second-order valence-corrected chi connectivity index (χ2v) is 4.17. The Balaban J connectivity index is 2.09. The summed E-state index contributed by atoms with van der Waals surface area (Å²) in [5.41, 5.74) is 0.242. The van der Waals surface area contributed by atoms with Crippen LogP contribution >= 0.6 is 0 Å². The van der Waals surface area contributed by atoms with E-state index in [4.69, 9.17) is 0 Å². The number of nitrogens with zero attached hydrogens (tertiary/aromatic N) is 1. The molecule has 7 heteroatoms. The molecule has 0 saturated carbocycles. The number of alkyl halides is 3. The lowest BCUT2D eigenvalue weighted by Crippen LogP contribution is -2.12. The average Bonchev–Trinajstić information content (AvgIpc) is 2.89. The van der Waals surface area contributed by atoms with E-state index in [9.17, 15) is 18.0 Å². The third-order valence-corrected chi connectivity index (χ3v) is 2.74. The van der Waals surface area contributed by atoms with Crippen molar-refractivity contribution < 1.29 is 18.0 Å². The molecule has 0 unspecified atom stereocenters. The van der Waals surface area contributed by atoms with Gasteiger partial charge in [0.15, 0.2) is 5.69 Å². The fraction of sp³-hybridized carbons (Fsp3) is 0.231. The van der Waals surface area contributed by atoms with Crippen molar-refractivity contribution in [2.75, 3.05) is 5.32 Å². The molecule has 0 aliphatic carbocycles. The van der Waals surface area contributed by atoms with Gasteiger partial charge in [-0.05, 0) is 24.1 Å². The van der Waals surface area contributed by atoms with Crippen molar-refractivity contribution >= 4 is 11.6 Å². The Morgan fingerprint density at radius 3 is 2.45 bits per heavy atom. The molecule has 1 heterocycles. The van der Waals surface area contributed by atoms with E-state index in [1.807, 2.05) is 19.1 Å². The Labute approximate surface area is 113 Å². The molecule has 2 rings (SSSR count). The normalized spacial score (nSPS) is 11.4. The summed E-state index contributed by atoms with van der Waals surface area (Å²) in [5, 5.41) is 7.64. The van der Waals surface area contributed by atoms with Gasteiger partial charge in [-0.1, -0.05) is 19.1 Å².